The van der Waals surface area contributed by atoms with Crippen molar-refractivity contribution in [3.05, 3.63) is 108 Å². The molecule has 5 aromatic carbocycles. The molecule has 0 saturated heterocycles. The van der Waals surface area contributed by atoms with Gasteiger partial charge in [0, 0.05) is 0 Å². The molecule has 0 atom stereocenters. The van der Waals surface area contributed by atoms with Crippen molar-refractivity contribution in [2.45, 2.75) is 39.5 Å². The Hall–Kier alpha value is -3.64. The summed E-state index contributed by atoms with van der Waals surface area (Å²) < 4.78 is 0. The fourth-order valence-corrected chi connectivity index (χ4v) is 6.05. The molecule has 0 unspecified atom stereocenters. The summed E-state index contributed by atoms with van der Waals surface area (Å²) >= 11 is 0. The van der Waals surface area contributed by atoms with E-state index in [0.29, 0.717) is 0 Å². The van der Waals surface area contributed by atoms with Crippen molar-refractivity contribution in [2.24, 2.45) is 0 Å². The number of hydrogen-bond acceptors (Lipinski definition) is 0. The first-order valence-electron chi connectivity index (χ1n) is 12.7. The molecule has 0 nitrogen and oxygen atoms in total. The van der Waals surface area contributed by atoms with E-state index >= 15 is 0 Å². The minimum Gasteiger partial charge on any atom is -0.0651 e. The summed E-state index contributed by atoms with van der Waals surface area (Å²) in [5, 5.41) is 2.74. The predicted molar refractivity (Wildman–Crippen MR) is 147 cm³/mol. The Morgan fingerprint density at radius 1 is 0.441 bits per heavy atom. The van der Waals surface area contributed by atoms with Gasteiger partial charge in [-0.1, -0.05) is 124 Å². The van der Waals surface area contributed by atoms with Crippen molar-refractivity contribution in [1.82, 2.24) is 0 Å². The van der Waals surface area contributed by atoms with E-state index in [9.17, 15) is 0 Å². The summed E-state index contributed by atoms with van der Waals surface area (Å²) in [5.74, 6) is 0. The molecule has 0 bridgehead atoms. The van der Waals surface area contributed by atoms with Crippen molar-refractivity contribution in [1.29, 1.82) is 0 Å². The van der Waals surface area contributed by atoms with Crippen LogP contribution in [0.5, 0.6) is 0 Å². The summed E-state index contributed by atoms with van der Waals surface area (Å²) in [6.07, 6.45) is 4.47. The van der Waals surface area contributed by atoms with Crippen LogP contribution in [-0.2, 0) is 12.8 Å². The van der Waals surface area contributed by atoms with Crippen LogP contribution in [0, 0.1) is 0 Å². The lowest BCUT2D eigenvalue weighted by molar-refractivity contribution is 0.865. The zero-order valence-electron chi connectivity index (χ0n) is 20.1. The van der Waals surface area contributed by atoms with Crippen LogP contribution < -0.4 is 0 Å². The zero-order chi connectivity index (χ0) is 23.1. The van der Waals surface area contributed by atoms with Crippen LogP contribution in [0.1, 0.15) is 37.8 Å². The third-order valence-electron chi connectivity index (χ3n) is 7.29. The van der Waals surface area contributed by atoms with E-state index in [4.69, 9.17) is 0 Å². The molecule has 166 valence electrons. The van der Waals surface area contributed by atoms with Gasteiger partial charge in [0.05, 0.1) is 0 Å². The number of rotatable bonds is 6. The molecule has 0 radical (unpaired) electrons. The molecule has 5 aromatic rings. The lowest BCUT2D eigenvalue weighted by atomic mass is 9.78. The summed E-state index contributed by atoms with van der Waals surface area (Å²) in [7, 11) is 0. The van der Waals surface area contributed by atoms with Crippen LogP contribution in [0.25, 0.3) is 55.3 Å². The van der Waals surface area contributed by atoms with E-state index in [-0.39, 0.29) is 0 Å². The second-order valence-corrected chi connectivity index (χ2v) is 9.40. The maximum Gasteiger partial charge on any atom is -0.00109 e. The lowest BCUT2D eigenvalue weighted by Crippen LogP contribution is -2.05. The second kappa shape index (κ2) is 8.61. The molecular formula is C34H30. The molecular weight excluding hydrogens is 408 g/mol. The Morgan fingerprint density at radius 2 is 0.882 bits per heavy atom. The Morgan fingerprint density at radius 3 is 1.29 bits per heavy atom. The molecule has 1 aliphatic rings. The largest absolute Gasteiger partial charge is 0.0651 e. The van der Waals surface area contributed by atoms with Gasteiger partial charge in [0.15, 0.2) is 0 Å². The molecule has 0 spiro atoms. The van der Waals surface area contributed by atoms with Crippen LogP contribution in [0.2, 0.25) is 0 Å². The van der Waals surface area contributed by atoms with Crippen molar-refractivity contribution in [3.63, 3.8) is 0 Å². The maximum absolute atomic E-state index is 2.34. The number of fused-ring (bicyclic) bond motifs is 3. The summed E-state index contributed by atoms with van der Waals surface area (Å²) in [6, 6.07) is 35.9. The maximum atomic E-state index is 2.34. The minimum absolute atomic E-state index is 1.10. The van der Waals surface area contributed by atoms with Gasteiger partial charge in [-0.3, -0.25) is 0 Å². The van der Waals surface area contributed by atoms with Gasteiger partial charge in [-0.15, -0.1) is 0 Å². The Labute approximate surface area is 202 Å². The molecule has 1 aliphatic carbocycles. The van der Waals surface area contributed by atoms with Crippen LogP contribution in [-0.4, -0.2) is 0 Å². The first-order chi connectivity index (χ1) is 16.8. The van der Waals surface area contributed by atoms with E-state index in [2.05, 4.69) is 111 Å². The monoisotopic (exact) mass is 438 g/mol. The molecule has 0 aliphatic heterocycles. The summed E-state index contributed by atoms with van der Waals surface area (Å²) in [6.45, 7) is 4.63. The van der Waals surface area contributed by atoms with Gasteiger partial charge in [0.1, 0.15) is 0 Å². The number of hydrogen-bond donors (Lipinski definition) is 0. The van der Waals surface area contributed by atoms with Crippen molar-refractivity contribution in [2.75, 3.05) is 0 Å². The van der Waals surface area contributed by atoms with Gasteiger partial charge < -0.3 is 0 Å². The predicted octanol–water partition coefficient (Wildman–Crippen LogP) is 9.73. The van der Waals surface area contributed by atoms with Crippen LogP contribution in [0.15, 0.2) is 97.1 Å². The highest BCUT2D eigenvalue weighted by atomic mass is 14.3. The first kappa shape index (κ1) is 20.9. The lowest BCUT2D eigenvalue weighted by Gasteiger charge is -2.25. The van der Waals surface area contributed by atoms with Crippen molar-refractivity contribution < 1.29 is 0 Å². The van der Waals surface area contributed by atoms with Gasteiger partial charge in [0.2, 0.25) is 0 Å². The highest BCUT2D eigenvalue weighted by Gasteiger charge is 2.31. The molecule has 0 N–H and O–H groups in total. The first-order valence-corrected chi connectivity index (χ1v) is 12.7. The SMILES string of the molecule is CCCc1c(CCC)c(-c2ccccc2)c2c(c1-c1ccccc1)-c1cccc3cccc-2c13. The van der Waals surface area contributed by atoms with Crippen LogP contribution in [0.4, 0.5) is 0 Å². The van der Waals surface area contributed by atoms with Crippen molar-refractivity contribution in [3.8, 4) is 44.5 Å². The molecule has 0 fully saturated rings. The van der Waals surface area contributed by atoms with Gasteiger partial charge in [-0.2, -0.15) is 0 Å². The fourth-order valence-electron chi connectivity index (χ4n) is 6.05. The quantitative estimate of drug-likeness (QED) is 0.243. The molecule has 0 amide bonds. The molecule has 0 saturated carbocycles. The average Bonchev–Trinajstić information content (AvgIpc) is 3.21. The third kappa shape index (κ3) is 3.13. The molecule has 0 heterocycles. The Bertz CT molecular complexity index is 1380. The van der Waals surface area contributed by atoms with Gasteiger partial charge >= 0.3 is 0 Å². The highest BCUT2D eigenvalue weighted by molar-refractivity contribution is 6.21. The molecule has 0 heteroatoms. The molecule has 0 aromatic heterocycles. The normalized spacial score (nSPS) is 11.7. The van der Waals surface area contributed by atoms with Gasteiger partial charge in [-0.05, 0) is 79.2 Å². The highest BCUT2D eigenvalue weighted by Crippen LogP contribution is 2.57. The fraction of sp³-hybridized carbons (Fsp3) is 0.176. The van der Waals surface area contributed by atoms with E-state index in [0.717, 1.165) is 25.7 Å². The topological polar surface area (TPSA) is 0 Å². The Balaban J connectivity index is 1.86. The average molecular weight is 439 g/mol. The second-order valence-electron chi connectivity index (χ2n) is 9.40. The standard InChI is InChI=1S/C34H30/c1-3-13-26-27(14-4-2)32(25-17-9-6-10-18-25)34-29-22-12-20-23-19-11-21-28(30(23)29)33(34)31(26)24-15-7-5-8-16-24/h5-12,15-22H,3-4,13-14H2,1-2H3. The van der Waals surface area contributed by atoms with E-state index in [1.807, 2.05) is 0 Å². The summed E-state index contributed by atoms with van der Waals surface area (Å²) in [4.78, 5) is 0. The van der Waals surface area contributed by atoms with Crippen LogP contribution in [0.3, 0.4) is 0 Å². The smallest absolute Gasteiger partial charge is 0.00109 e. The summed E-state index contributed by atoms with van der Waals surface area (Å²) in [5.41, 5.74) is 14.3. The third-order valence-corrected chi connectivity index (χ3v) is 7.29. The van der Waals surface area contributed by atoms with E-state index in [1.165, 1.54) is 66.4 Å². The van der Waals surface area contributed by atoms with E-state index in [1.54, 1.807) is 0 Å². The van der Waals surface area contributed by atoms with Crippen molar-refractivity contribution >= 4 is 10.8 Å². The zero-order valence-corrected chi connectivity index (χ0v) is 20.1. The van der Waals surface area contributed by atoms with Crippen LogP contribution >= 0.6 is 0 Å². The van der Waals surface area contributed by atoms with Gasteiger partial charge in [0.25, 0.3) is 0 Å². The van der Waals surface area contributed by atoms with E-state index < -0.39 is 0 Å². The molecule has 6 rings (SSSR count). The minimum atomic E-state index is 1.10. The Kier molecular flexibility index (Phi) is 5.30. The number of benzene rings is 5. The molecule has 34 heavy (non-hydrogen) atoms. The van der Waals surface area contributed by atoms with Gasteiger partial charge in [-0.25, -0.2) is 0 Å².